The smallest absolute Gasteiger partial charge is 0.119 e. The quantitative estimate of drug-likeness (QED) is 0.763. The molecule has 1 spiro atoms. The van der Waals surface area contributed by atoms with Gasteiger partial charge in [0.1, 0.15) is 12.4 Å². The van der Waals surface area contributed by atoms with E-state index in [1.165, 1.54) is 63.6 Å². The van der Waals surface area contributed by atoms with Gasteiger partial charge in [-0.25, -0.2) is 0 Å². The predicted octanol–water partition coefficient (Wildman–Crippen LogP) is 3.52. The SMILES string of the molecule is CCCN1CCCCC12CCc1cc(OCCN3CCOCC3)ccc1C2. The van der Waals surface area contributed by atoms with Crippen LogP contribution < -0.4 is 4.74 Å². The van der Waals surface area contributed by atoms with E-state index in [9.17, 15) is 0 Å². The van der Waals surface area contributed by atoms with Crippen molar-refractivity contribution >= 4 is 0 Å². The van der Waals surface area contributed by atoms with Crippen LogP contribution in [0.3, 0.4) is 0 Å². The first kappa shape index (κ1) is 19.2. The molecule has 0 saturated carbocycles. The zero-order chi connectivity index (χ0) is 18.5. The lowest BCUT2D eigenvalue weighted by Gasteiger charge is -2.50. The van der Waals surface area contributed by atoms with Crippen LogP contribution in [0, 0.1) is 0 Å². The lowest BCUT2D eigenvalue weighted by atomic mass is 9.72. The van der Waals surface area contributed by atoms with Gasteiger partial charge >= 0.3 is 0 Å². The summed E-state index contributed by atoms with van der Waals surface area (Å²) in [4.78, 5) is 5.24. The van der Waals surface area contributed by atoms with Gasteiger partial charge < -0.3 is 9.47 Å². The molecule has 0 N–H and O–H groups in total. The molecule has 0 amide bonds. The van der Waals surface area contributed by atoms with Crippen LogP contribution >= 0.6 is 0 Å². The maximum Gasteiger partial charge on any atom is 0.119 e. The third-order valence-electron chi connectivity index (χ3n) is 6.82. The first-order valence-electron chi connectivity index (χ1n) is 11.1. The fraction of sp³-hybridized carbons (Fsp3) is 0.739. The molecule has 1 atom stereocenters. The van der Waals surface area contributed by atoms with E-state index < -0.39 is 0 Å². The summed E-state index contributed by atoms with van der Waals surface area (Å²) < 4.78 is 11.5. The van der Waals surface area contributed by atoms with Crippen LogP contribution in [-0.2, 0) is 17.6 Å². The molecular formula is C23H36N2O2. The van der Waals surface area contributed by atoms with Gasteiger partial charge in [-0.05, 0) is 74.9 Å². The van der Waals surface area contributed by atoms with Crippen molar-refractivity contribution in [3.63, 3.8) is 0 Å². The molecule has 2 saturated heterocycles. The highest BCUT2D eigenvalue weighted by Gasteiger charge is 2.40. The maximum atomic E-state index is 6.08. The number of piperidine rings is 1. The van der Waals surface area contributed by atoms with Gasteiger partial charge in [-0.1, -0.05) is 19.4 Å². The minimum Gasteiger partial charge on any atom is -0.492 e. The van der Waals surface area contributed by atoms with Crippen LogP contribution in [-0.4, -0.2) is 67.9 Å². The number of fused-ring (bicyclic) bond motifs is 1. The monoisotopic (exact) mass is 372 g/mol. The number of rotatable bonds is 6. The maximum absolute atomic E-state index is 6.08. The standard InChI is InChI=1S/C23H36N2O2/c1-2-10-25-11-4-3-8-23(25)9-7-20-18-22(6-5-21(20)19-23)27-17-14-24-12-15-26-16-13-24/h5-6,18H,2-4,7-17,19H2,1H3. The van der Waals surface area contributed by atoms with Gasteiger partial charge in [-0.3, -0.25) is 9.80 Å². The second-order valence-corrected chi connectivity index (χ2v) is 8.58. The fourth-order valence-electron chi connectivity index (χ4n) is 5.28. The van der Waals surface area contributed by atoms with Crippen molar-refractivity contribution in [3.05, 3.63) is 29.3 Å². The third kappa shape index (κ3) is 4.49. The van der Waals surface area contributed by atoms with Crippen LogP contribution in [0.25, 0.3) is 0 Å². The highest BCUT2D eigenvalue weighted by Crippen LogP contribution is 2.40. The van der Waals surface area contributed by atoms with E-state index in [0.29, 0.717) is 5.54 Å². The molecule has 4 heteroatoms. The molecule has 1 aromatic rings. The molecule has 2 heterocycles. The molecule has 1 unspecified atom stereocenters. The van der Waals surface area contributed by atoms with Crippen LogP contribution in [0.4, 0.5) is 0 Å². The Labute approximate surface area is 164 Å². The predicted molar refractivity (Wildman–Crippen MR) is 110 cm³/mol. The van der Waals surface area contributed by atoms with Crippen LogP contribution in [0.1, 0.15) is 50.2 Å². The normalized spacial score (nSPS) is 26.9. The summed E-state index contributed by atoms with van der Waals surface area (Å²) in [5, 5.41) is 0. The summed E-state index contributed by atoms with van der Waals surface area (Å²) in [5.41, 5.74) is 3.51. The van der Waals surface area contributed by atoms with Gasteiger partial charge in [0.2, 0.25) is 0 Å². The Hall–Kier alpha value is -1.10. The Morgan fingerprint density at radius 1 is 1.04 bits per heavy atom. The van der Waals surface area contributed by atoms with Crippen molar-refractivity contribution in [2.24, 2.45) is 0 Å². The molecule has 1 aromatic carbocycles. The van der Waals surface area contributed by atoms with Gasteiger partial charge in [-0.2, -0.15) is 0 Å². The Kier molecular flexibility index (Phi) is 6.36. The minimum absolute atomic E-state index is 0.431. The van der Waals surface area contributed by atoms with Crippen molar-refractivity contribution in [2.45, 2.75) is 57.4 Å². The molecule has 2 fully saturated rings. The molecule has 4 rings (SSSR count). The lowest BCUT2D eigenvalue weighted by molar-refractivity contribution is 0.0319. The van der Waals surface area contributed by atoms with Gasteiger partial charge in [0.15, 0.2) is 0 Å². The van der Waals surface area contributed by atoms with Crippen molar-refractivity contribution < 1.29 is 9.47 Å². The van der Waals surface area contributed by atoms with Gasteiger partial charge in [0, 0.05) is 25.2 Å². The molecule has 0 radical (unpaired) electrons. The Bertz CT molecular complexity index is 612. The van der Waals surface area contributed by atoms with E-state index >= 15 is 0 Å². The summed E-state index contributed by atoms with van der Waals surface area (Å²) in [5.74, 6) is 1.05. The van der Waals surface area contributed by atoms with Crippen molar-refractivity contribution in [2.75, 3.05) is 52.5 Å². The molecular weight excluding hydrogens is 336 g/mol. The van der Waals surface area contributed by atoms with E-state index in [2.05, 4.69) is 34.9 Å². The Balaban J connectivity index is 1.36. The molecule has 150 valence electrons. The highest BCUT2D eigenvalue weighted by molar-refractivity contribution is 5.39. The van der Waals surface area contributed by atoms with Gasteiger partial charge in [0.25, 0.3) is 0 Å². The molecule has 1 aliphatic carbocycles. The number of ether oxygens (including phenoxy) is 2. The molecule has 3 aliphatic rings. The number of aryl methyl sites for hydroxylation is 1. The number of hydrogen-bond donors (Lipinski definition) is 0. The summed E-state index contributed by atoms with van der Waals surface area (Å²) in [6.07, 6.45) is 9.18. The molecule has 4 nitrogen and oxygen atoms in total. The first-order valence-corrected chi connectivity index (χ1v) is 11.1. The zero-order valence-electron chi connectivity index (χ0n) is 17.0. The van der Waals surface area contributed by atoms with Crippen LogP contribution in [0.2, 0.25) is 0 Å². The molecule has 0 aromatic heterocycles. The number of morpholine rings is 1. The lowest BCUT2D eigenvalue weighted by Crippen LogP contribution is -2.55. The van der Waals surface area contributed by atoms with Gasteiger partial charge in [0.05, 0.1) is 13.2 Å². The minimum atomic E-state index is 0.431. The molecule has 27 heavy (non-hydrogen) atoms. The Morgan fingerprint density at radius 3 is 2.78 bits per heavy atom. The van der Waals surface area contributed by atoms with Crippen LogP contribution in [0.5, 0.6) is 5.75 Å². The van der Waals surface area contributed by atoms with E-state index in [1.807, 2.05) is 0 Å². The fourth-order valence-corrected chi connectivity index (χ4v) is 5.28. The zero-order valence-corrected chi connectivity index (χ0v) is 17.0. The number of likely N-dealkylation sites (tertiary alicyclic amines) is 1. The summed E-state index contributed by atoms with van der Waals surface area (Å²) >= 11 is 0. The molecule has 0 bridgehead atoms. The van der Waals surface area contributed by atoms with E-state index in [4.69, 9.17) is 9.47 Å². The van der Waals surface area contributed by atoms with Gasteiger partial charge in [-0.15, -0.1) is 0 Å². The number of benzene rings is 1. The van der Waals surface area contributed by atoms with Crippen molar-refractivity contribution in [3.8, 4) is 5.75 Å². The van der Waals surface area contributed by atoms with E-state index in [0.717, 1.165) is 45.2 Å². The number of nitrogens with zero attached hydrogens (tertiary/aromatic N) is 2. The van der Waals surface area contributed by atoms with Crippen molar-refractivity contribution in [1.82, 2.24) is 9.80 Å². The van der Waals surface area contributed by atoms with Crippen molar-refractivity contribution in [1.29, 1.82) is 0 Å². The average molecular weight is 373 g/mol. The largest absolute Gasteiger partial charge is 0.492 e. The number of hydrogen-bond acceptors (Lipinski definition) is 4. The van der Waals surface area contributed by atoms with E-state index in [-0.39, 0.29) is 0 Å². The summed E-state index contributed by atoms with van der Waals surface area (Å²) in [6, 6.07) is 6.86. The van der Waals surface area contributed by atoms with E-state index in [1.54, 1.807) is 5.56 Å². The topological polar surface area (TPSA) is 24.9 Å². The second kappa shape index (κ2) is 8.93. The summed E-state index contributed by atoms with van der Waals surface area (Å²) in [6.45, 7) is 10.4. The third-order valence-corrected chi connectivity index (χ3v) is 6.82. The Morgan fingerprint density at radius 2 is 1.93 bits per heavy atom. The second-order valence-electron chi connectivity index (χ2n) is 8.58. The highest BCUT2D eigenvalue weighted by atomic mass is 16.5. The average Bonchev–Trinajstić information content (AvgIpc) is 2.71. The first-order chi connectivity index (χ1) is 13.3. The summed E-state index contributed by atoms with van der Waals surface area (Å²) in [7, 11) is 0. The molecule has 2 aliphatic heterocycles. The van der Waals surface area contributed by atoms with Crippen LogP contribution in [0.15, 0.2) is 18.2 Å².